The minimum absolute atomic E-state index is 0.0262. The first-order valence-electron chi connectivity index (χ1n) is 10.8. The van der Waals surface area contributed by atoms with E-state index in [1.165, 1.54) is 11.0 Å². The van der Waals surface area contributed by atoms with Crippen molar-refractivity contribution in [2.24, 2.45) is 0 Å². The Morgan fingerprint density at radius 3 is 2.58 bits per heavy atom. The number of halogens is 1. The number of benzene rings is 2. The molecule has 0 bridgehead atoms. The summed E-state index contributed by atoms with van der Waals surface area (Å²) in [7, 11) is 5.45. The fourth-order valence-corrected chi connectivity index (χ4v) is 4.14. The van der Waals surface area contributed by atoms with Gasteiger partial charge in [0.1, 0.15) is 17.3 Å². The number of Topliss-reactive ketones (excluding diaryl/α,β-unsaturated/α-hetero) is 1. The molecular formula is C25H29ClN2O5. The van der Waals surface area contributed by atoms with E-state index in [9.17, 15) is 14.7 Å². The second-order valence-electron chi connectivity index (χ2n) is 8.00. The topological polar surface area (TPSA) is 79.3 Å². The number of amides is 1. The number of ether oxygens (including phenoxy) is 2. The molecular weight excluding hydrogens is 444 g/mol. The van der Waals surface area contributed by atoms with E-state index in [1.54, 1.807) is 37.4 Å². The van der Waals surface area contributed by atoms with Gasteiger partial charge in [0.15, 0.2) is 0 Å². The molecule has 2 aromatic carbocycles. The van der Waals surface area contributed by atoms with Crippen LogP contribution >= 0.6 is 11.6 Å². The molecule has 1 heterocycles. The number of nitrogens with zero attached hydrogens (tertiary/aromatic N) is 2. The summed E-state index contributed by atoms with van der Waals surface area (Å²) >= 11 is 6.30. The van der Waals surface area contributed by atoms with Crippen molar-refractivity contribution in [1.82, 2.24) is 9.80 Å². The van der Waals surface area contributed by atoms with Gasteiger partial charge in [0.25, 0.3) is 11.7 Å². The first-order valence-corrected chi connectivity index (χ1v) is 11.2. The lowest BCUT2D eigenvalue weighted by atomic mass is 9.95. The highest BCUT2D eigenvalue weighted by Gasteiger charge is 2.45. The van der Waals surface area contributed by atoms with E-state index < -0.39 is 17.7 Å². The van der Waals surface area contributed by atoms with E-state index in [0.29, 0.717) is 47.2 Å². The van der Waals surface area contributed by atoms with Crippen LogP contribution in [0.15, 0.2) is 48.0 Å². The van der Waals surface area contributed by atoms with Gasteiger partial charge in [-0.2, -0.15) is 0 Å². The Bertz CT molecular complexity index is 1070. The van der Waals surface area contributed by atoms with Crippen molar-refractivity contribution >= 4 is 29.1 Å². The third-order valence-electron chi connectivity index (χ3n) is 5.46. The van der Waals surface area contributed by atoms with Gasteiger partial charge in [-0.3, -0.25) is 9.59 Å². The first kappa shape index (κ1) is 24.6. The van der Waals surface area contributed by atoms with Crippen molar-refractivity contribution in [3.8, 4) is 11.5 Å². The Kier molecular flexibility index (Phi) is 8.00. The van der Waals surface area contributed by atoms with Gasteiger partial charge in [-0.1, -0.05) is 23.7 Å². The molecule has 0 spiro atoms. The van der Waals surface area contributed by atoms with Gasteiger partial charge >= 0.3 is 0 Å². The summed E-state index contributed by atoms with van der Waals surface area (Å²) in [6.45, 7) is 3.41. The molecule has 1 atom stereocenters. The lowest BCUT2D eigenvalue weighted by molar-refractivity contribution is -0.139. The van der Waals surface area contributed by atoms with Crippen molar-refractivity contribution in [2.45, 2.75) is 19.4 Å². The summed E-state index contributed by atoms with van der Waals surface area (Å²) in [5, 5.41) is 11.5. The zero-order chi connectivity index (χ0) is 24.1. The highest BCUT2D eigenvalue weighted by Crippen LogP contribution is 2.41. The van der Waals surface area contributed by atoms with Gasteiger partial charge in [0.05, 0.1) is 30.4 Å². The minimum Gasteiger partial charge on any atom is -0.507 e. The molecule has 0 aromatic heterocycles. The van der Waals surface area contributed by atoms with Crippen LogP contribution in [0.4, 0.5) is 0 Å². The van der Waals surface area contributed by atoms with E-state index in [4.69, 9.17) is 21.1 Å². The van der Waals surface area contributed by atoms with Crippen molar-refractivity contribution < 1.29 is 24.2 Å². The molecule has 7 nitrogen and oxygen atoms in total. The molecule has 3 rings (SSSR count). The van der Waals surface area contributed by atoms with Crippen LogP contribution in [0.1, 0.15) is 30.5 Å². The molecule has 0 unspecified atom stereocenters. The fourth-order valence-electron chi connectivity index (χ4n) is 3.90. The quantitative estimate of drug-likeness (QED) is 0.336. The van der Waals surface area contributed by atoms with E-state index in [1.807, 2.05) is 32.0 Å². The molecule has 1 N–H and O–H groups in total. The normalized spacial score (nSPS) is 17.6. The lowest BCUT2D eigenvalue weighted by Gasteiger charge is -2.26. The molecule has 1 aliphatic rings. The second kappa shape index (κ2) is 10.7. The summed E-state index contributed by atoms with van der Waals surface area (Å²) in [6.07, 6.45) is 0.676. The number of ketones is 1. The maximum absolute atomic E-state index is 13.1. The Hall–Kier alpha value is -3.03. The number of carbonyl (C=O) groups is 2. The van der Waals surface area contributed by atoms with E-state index in [2.05, 4.69) is 0 Å². The standard InChI is InChI=1S/C25H29ClN2O5/c1-5-33-20-11-10-17(15-19(20)26)23(29)21-22(16-8-6-9-18(14-16)32-4)28(25(31)24(21)30)13-7-12-27(2)3/h6,8-11,14-15,22,29H,5,7,12-13H2,1-4H3/b23-21+/t22-/m1/s1. The molecule has 176 valence electrons. The Morgan fingerprint density at radius 1 is 1.18 bits per heavy atom. The minimum atomic E-state index is -0.743. The Balaban J connectivity index is 2.10. The van der Waals surface area contributed by atoms with Crippen molar-refractivity contribution in [3.05, 3.63) is 64.2 Å². The number of carbonyl (C=O) groups excluding carboxylic acids is 2. The highest BCUT2D eigenvalue weighted by molar-refractivity contribution is 6.46. The molecule has 0 saturated carbocycles. The molecule has 0 radical (unpaired) electrons. The maximum Gasteiger partial charge on any atom is 0.295 e. The molecule has 2 aromatic rings. The summed E-state index contributed by atoms with van der Waals surface area (Å²) in [4.78, 5) is 29.7. The van der Waals surface area contributed by atoms with Crippen LogP contribution in [0.25, 0.3) is 5.76 Å². The summed E-state index contributed by atoms with van der Waals surface area (Å²) in [5.41, 5.74) is 1.04. The van der Waals surface area contributed by atoms with Crippen molar-refractivity contribution in [3.63, 3.8) is 0 Å². The predicted molar refractivity (Wildman–Crippen MR) is 128 cm³/mol. The smallest absolute Gasteiger partial charge is 0.295 e. The van der Waals surface area contributed by atoms with Crippen LogP contribution < -0.4 is 9.47 Å². The summed E-state index contributed by atoms with van der Waals surface area (Å²) < 4.78 is 10.8. The maximum atomic E-state index is 13.1. The average Bonchev–Trinajstić information content (AvgIpc) is 3.05. The Morgan fingerprint density at radius 2 is 1.94 bits per heavy atom. The number of aliphatic hydroxyl groups is 1. The predicted octanol–water partition coefficient (Wildman–Crippen LogP) is 4.12. The zero-order valence-corrected chi connectivity index (χ0v) is 20.1. The van der Waals surface area contributed by atoms with E-state index >= 15 is 0 Å². The van der Waals surface area contributed by atoms with Crippen LogP contribution in [0, 0.1) is 0 Å². The van der Waals surface area contributed by atoms with Crippen LogP contribution in [0.3, 0.4) is 0 Å². The zero-order valence-electron chi connectivity index (χ0n) is 19.3. The first-order chi connectivity index (χ1) is 15.8. The molecule has 33 heavy (non-hydrogen) atoms. The second-order valence-corrected chi connectivity index (χ2v) is 8.41. The Labute approximate surface area is 199 Å². The lowest BCUT2D eigenvalue weighted by Crippen LogP contribution is -2.32. The highest BCUT2D eigenvalue weighted by atomic mass is 35.5. The van der Waals surface area contributed by atoms with Crippen LogP contribution in [0.2, 0.25) is 5.02 Å². The number of methoxy groups -OCH3 is 1. The number of hydrogen-bond donors (Lipinski definition) is 1. The number of rotatable bonds is 9. The number of likely N-dealkylation sites (tertiary alicyclic amines) is 1. The fraction of sp³-hybridized carbons (Fsp3) is 0.360. The summed E-state index contributed by atoms with van der Waals surface area (Å²) in [5.74, 6) is -0.573. The molecule has 1 amide bonds. The van der Waals surface area contributed by atoms with Gasteiger partial charge in [0.2, 0.25) is 0 Å². The molecule has 1 fully saturated rings. The number of hydrogen-bond acceptors (Lipinski definition) is 6. The average molecular weight is 473 g/mol. The molecule has 1 aliphatic heterocycles. The van der Waals surface area contributed by atoms with Crippen LogP contribution in [-0.2, 0) is 9.59 Å². The van der Waals surface area contributed by atoms with Gasteiger partial charge in [-0.25, -0.2) is 0 Å². The molecule has 1 saturated heterocycles. The SMILES string of the molecule is CCOc1ccc(/C(O)=C2\C(=O)C(=O)N(CCCN(C)C)[C@@H]2c2cccc(OC)c2)cc1Cl. The van der Waals surface area contributed by atoms with Gasteiger partial charge in [-0.15, -0.1) is 0 Å². The summed E-state index contributed by atoms with van der Waals surface area (Å²) in [6, 6.07) is 11.2. The molecule has 8 heteroatoms. The van der Waals surface area contributed by atoms with E-state index in [0.717, 1.165) is 6.54 Å². The van der Waals surface area contributed by atoms with Crippen LogP contribution in [-0.4, -0.2) is 67.5 Å². The number of aliphatic hydroxyl groups excluding tert-OH is 1. The monoisotopic (exact) mass is 472 g/mol. The van der Waals surface area contributed by atoms with Gasteiger partial charge < -0.3 is 24.4 Å². The van der Waals surface area contributed by atoms with Crippen LogP contribution in [0.5, 0.6) is 11.5 Å². The van der Waals surface area contributed by atoms with Crippen molar-refractivity contribution in [1.29, 1.82) is 0 Å². The third-order valence-corrected chi connectivity index (χ3v) is 5.75. The van der Waals surface area contributed by atoms with E-state index in [-0.39, 0.29) is 11.3 Å². The van der Waals surface area contributed by atoms with Crippen molar-refractivity contribution in [2.75, 3.05) is 40.9 Å². The van der Waals surface area contributed by atoms with Gasteiger partial charge in [-0.05, 0) is 69.9 Å². The molecule has 0 aliphatic carbocycles. The van der Waals surface area contributed by atoms with Gasteiger partial charge in [0, 0.05) is 12.1 Å². The third kappa shape index (κ3) is 5.31. The largest absolute Gasteiger partial charge is 0.507 e.